The number of amides is 2. The van der Waals surface area contributed by atoms with Crippen LogP contribution in [0.15, 0.2) is 30.5 Å². The van der Waals surface area contributed by atoms with Gasteiger partial charge in [0.1, 0.15) is 23.2 Å². The summed E-state index contributed by atoms with van der Waals surface area (Å²) in [6.45, 7) is 2.13. The standard InChI is InChI=1S/C21H22F2N4O2/c1-13-24-7-4-18(25-13)19(28)26-16-3-2-5-21(12-16)6-8-27(20(21)29)17-10-14(22)9-15(23)11-17/h4,7,9-11,16H,2-3,5-6,8,12H2,1H3,(H,26,28)/t16-,21?/m0/s1. The Bertz CT molecular complexity index is 947. The zero-order valence-corrected chi connectivity index (χ0v) is 16.1. The molecule has 1 aromatic carbocycles. The van der Waals surface area contributed by atoms with Gasteiger partial charge in [-0.1, -0.05) is 6.42 Å². The second-order valence-electron chi connectivity index (χ2n) is 7.87. The summed E-state index contributed by atoms with van der Waals surface area (Å²) in [5.41, 5.74) is -0.0700. The Labute approximate surface area is 167 Å². The van der Waals surface area contributed by atoms with Crippen LogP contribution in [0.3, 0.4) is 0 Å². The Hall–Kier alpha value is -2.90. The first-order chi connectivity index (χ1) is 13.9. The molecule has 2 fully saturated rings. The molecule has 4 rings (SSSR count). The van der Waals surface area contributed by atoms with Crippen LogP contribution >= 0.6 is 0 Å². The van der Waals surface area contributed by atoms with Crippen molar-refractivity contribution < 1.29 is 18.4 Å². The molecule has 29 heavy (non-hydrogen) atoms. The summed E-state index contributed by atoms with van der Waals surface area (Å²) < 4.78 is 27.2. The van der Waals surface area contributed by atoms with Crippen LogP contribution in [-0.2, 0) is 4.79 Å². The van der Waals surface area contributed by atoms with Crippen molar-refractivity contribution in [3.05, 3.63) is 53.6 Å². The van der Waals surface area contributed by atoms with Gasteiger partial charge in [-0.05, 0) is 50.8 Å². The predicted molar refractivity (Wildman–Crippen MR) is 102 cm³/mol. The lowest BCUT2D eigenvalue weighted by Crippen LogP contribution is -2.46. The summed E-state index contributed by atoms with van der Waals surface area (Å²) >= 11 is 0. The number of benzene rings is 1. The first-order valence-electron chi connectivity index (χ1n) is 9.75. The molecule has 2 aromatic rings. The normalized spacial score (nSPS) is 24.2. The maximum atomic E-state index is 13.6. The topological polar surface area (TPSA) is 75.2 Å². The van der Waals surface area contributed by atoms with E-state index in [1.165, 1.54) is 23.2 Å². The highest BCUT2D eigenvalue weighted by molar-refractivity contribution is 6.00. The third kappa shape index (κ3) is 3.83. The van der Waals surface area contributed by atoms with E-state index in [4.69, 9.17) is 0 Å². The number of aryl methyl sites for hydroxylation is 1. The largest absolute Gasteiger partial charge is 0.348 e. The molecular weight excluding hydrogens is 378 g/mol. The molecule has 1 aliphatic heterocycles. The molecule has 1 N–H and O–H groups in total. The summed E-state index contributed by atoms with van der Waals surface area (Å²) in [4.78, 5) is 35.3. The van der Waals surface area contributed by atoms with Crippen molar-refractivity contribution in [1.82, 2.24) is 15.3 Å². The van der Waals surface area contributed by atoms with Crippen LogP contribution in [0, 0.1) is 24.0 Å². The van der Waals surface area contributed by atoms with Crippen molar-refractivity contribution in [3.63, 3.8) is 0 Å². The number of carbonyl (C=O) groups is 2. The molecule has 1 saturated carbocycles. The molecule has 1 spiro atoms. The molecule has 2 heterocycles. The Morgan fingerprint density at radius 2 is 2.00 bits per heavy atom. The molecule has 1 unspecified atom stereocenters. The summed E-state index contributed by atoms with van der Waals surface area (Å²) in [5, 5.41) is 2.99. The number of halogens is 2. The molecule has 2 atom stereocenters. The fourth-order valence-electron chi connectivity index (χ4n) is 4.51. The second-order valence-corrected chi connectivity index (χ2v) is 7.87. The number of rotatable bonds is 3. The fourth-order valence-corrected chi connectivity index (χ4v) is 4.51. The number of carbonyl (C=O) groups excluding carboxylic acids is 2. The van der Waals surface area contributed by atoms with Crippen LogP contribution in [0.5, 0.6) is 0 Å². The zero-order chi connectivity index (χ0) is 20.6. The average molecular weight is 400 g/mol. The van der Waals surface area contributed by atoms with E-state index in [1.807, 2.05) is 0 Å². The molecule has 8 heteroatoms. The van der Waals surface area contributed by atoms with Crippen molar-refractivity contribution in [3.8, 4) is 0 Å². The minimum atomic E-state index is -0.706. The van der Waals surface area contributed by atoms with E-state index in [0.717, 1.165) is 18.9 Å². The quantitative estimate of drug-likeness (QED) is 0.859. The van der Waals surface area contributed by atoms with Crippen molar-refractivity contribution in [2.75, 3.05) is 11.4 Å². The SMILES string of the molecule is Cc1nccc(C(=O)N[C@H]2CCCC3(CCN(c4cc(F)cc(F)c4)C3=O)C2)n1. The van der Waals surface area contributed by atoms with Gasteiger partial charge in [0, 0.05) is 30.5 Å². The lowest BCUT2D eigenvalue weighted by Gasteiger charge is -2.36. The van der Waals surface area contributed by atoms with Crippen LogP contribution < -0.4 is 10.2 Å². The van der Waals surface area contributed by atoms with E-state index in [-0.39, 0.29) is 23.5 Å². The molecule has 152 valence electrons. The Kier molecular flexibility index (Phi) is 5.02. The van der Waals surface area contributed by atoms with Gasteiger partial charge < -0.3 is 10.2 Å². The van der Waals surface area contributed by atoms with E-state index < -0.39 is 17.0 Å². The van der Waals surface area contributed by atoms with E-state index >= 15 is 0 Å². The van der Waals surface area contributed by atoms with Gasteiger partial charge in [-0.25, -0.2) is 18.7 Å². The number of anilines is 1. The summed E-state index contributed by atoms with van der Waals surface area (Å²) in [7, 11) is 0. The molecule has 1 aromatic heterocycles. The van der Waals surface area contributed by atoms with Crippen LogP contribution in [0.2, 0.25) is 0 Å². The molecule has 1 saturated heterocycles. The van der Waals surface area contributed by atoms with Crippen LogP contribution in [0.25, 0.3) is 0 Å². The van der Waals surface area contributed by atoms with Crippen LogP contribution in [0.4, 0.5) is 14.5 Å². The van der Waals surface area contributed by atoms with Gasteiger partial charge in [0.2, 0.25) is 5.91 Å². The maximum Gasteiger partial charge on any atom is 0.270 e. The summed E-state index contributed by atoms with van der Waals surface area (Å²) in [6.07, 6.45) is 4.93. The highest BCUT2D eigenvalue weighted by atomic mass is 19.1. The molecular formula is C21H22F2N4O2. The third-order valence-corrected chi connectivity index (χ3v) is 5.86. The lowest BCUT2D eigenvalue weighted by molar-refractivity contribution is -0.127. The molecule has 6 nitrogen and oxygen atoms in total. The Morgan fingerprint density at radius 3 is 2.72 bits per heavy atom. The summed E-state index contributed by atoms with van der Waals surface area (Å²) in [5.74, 6) is -1.31. The van der Waals surface area contributed by atoms with Crippen molar-refractivity contribution in [2.45, 2.75) is 45.1 Å². The number of hydrogen-bond donors (Lipinski definition) is 1. The lowest BCUT2D eigenvalue weighted by atomic mass is 9.71. The van der Waals surface area contributed by atoms with Crippen LogP contribution in [0.1, 0.15) is 48.4 Å². The molecule has 0 bridgehead atoms. The highest BCUT2D eigenvalue weighted by Gasteiger charge is 2.49. The minimum Gasteiger partial charge on any atom is -0.348 e. The Balaban J connectivity index is 1.49. The monoisotopic (exact) mass is 400 g/mol. The third-order valence-electron chi connectivity index (χ3n) is 5.86. The molecule has 2 amide bonds. The fraction of sp³-hybridized carbons (Fsp3) is 0.429. The van der Waals surface area contributed by atoms with Gasteiger partial charge in [0.15, 0.2) is 0 Å². The van der Waals surface area contributed by atoms with Gasteiger partial charge in [-0.2, -0.15) is 0 Å². The van der Waals surface area contributed by atoms with E-state index in [1.54, 1.807) is 13.0 Å². The van der Waals surface area contributed by atoms with E-state index in [9.17, 15) is 18.4 Å². The number of aromatic nitrogens is 2. The second kappa shape index (κ2) is 7.50. The van der Waals surface area contributed by atoms with Gasteiger partial charge in [0.05, 0.1) is 5.41 Å². The minimum absolute atomic E-state index is 0.126. The van der Waals surface area contributed by atoms with E-state index in [2.05, 4.69) is 15.3 Å². The van der Waals surface area contributed by atoms with Crippen molar-refractivity contribution in [1.29, 1.82) is 0 Å². The maximum absolute atomic E-state index is 13.6. The molecule has 1 aliphatic carbocycles. The first-order valence-corrected chi connectivity index (χ1v) is 9.75. The van der Waals surface area contributed by atoms with Crippen LogP contribution in [-0.4, -0.2) is 34.4 Å². The smallest absolute Gasteiger partial charge is 0.270 e. The van der Waals surface area contributed by atoms with Gasteiger partial charge >= 0.3 is 0 Å². The molecule has 2 aliphatic rings. The van der Waals surface area contributed by atoms with Gasteiger partial charge in [-0.15, -0.1) is 0 Å². The predicted octanol–water partition coefficient (Wildman–Crippen LogP) is 3.16. The van der Waals surface area contributed by atoms with E-state index in [0.29, 0.717) is 37.3 Å². The van der Waals surface area contributed by atoms with Crippen molar-refractivity contribution in [2.24, 2.45) is 5.41 Å². The van der Waals surface area contributed by atoms with Gasteiger partial charge in [-0.3, -0.25) is 9.59 Å². The van der Waals surface area contributed by atoms with Crippen molar-refractivity contribution >= 4 is 17.5 Å². The zero-order valence-electron chi connectivity index (χ0n) is 16.1. The number of nitrogens with one attached hydrogen (secondary N) is 1. The summed E-state index contributed by atoms with van der Waals surface area (Å²) in [6, 6.07) is 4.56. The van der Waals surface area contributed by atoms with Gasteiger partial charge in [0.25, 0.3) is 5.91 Å². The number of nitrogens with zero attached hydrogens (tertiary/aromatic N) is 3. The average Bonchev–Trinajstić information content (AvgIpc) is 2.97. The Morgan fingerprint density at radius 1 is 1.24 bits per heavy atom. The highest BCUT2D eigenvalue weighted by Crippen LogP contribution is 2.46. The molecule has 0 radical (unpaired) electrons. The first kappa shape index (κ1) is 19.4. The number of hydrogen-bond acceptors (Lipinski definition) is 4.